The fourth-order valence-electron chi connectivity index (χ4n) is 3.21. The van der Waals surface area contributed by atoms with Gasteiger partial charge in [-0.2, -0.15) is 0 Å². The van der Waals surface area contributed by atoms with E-state index in [1.807, 2.05) is 0 Å². The van der Waals surface area contributed by atoms with Crippen LogP contribution in [0.25, 0.3) is 0 Å². The SMILES string of the molecule is C[C@]1(c2cccc(Br)c2)NC(=O)N(CC(=O)Nc2ccc3c(c2)OC(F)(F)O3)C1=O. The highest BCUT2D eigenvalue weighted by atomic mass is 79.9. The van der Waals surface area contributed by atoms with Gasteiger partial charge in [0.2, 0.25) is 5.91 Å². The topological polar surface area (TPSA) is 97.0 Å². The molecule has 4 rings (SSSR count). The van der Waals surface area contributed by atoms with Crippen molar-refractivity contribution in [3.8, 4) is 11.5 Å². The van der Waals surface area contributed by atoms with Crippen LogP contribution in [-0.2, 0) is 15.1 Å². The number of urea groups is 1. The minimum Gasteiger partial charge on any atom is -0.395 e. The summed E-state index contributed by atoms with van der Waals surface area (Å²) in [4.78, 5) is 38.4. The molecule has 2 aliphatic rings. The summed E-state index contributed by atoms with van der Waals surface area (Å²) < 4.78 is 35.6. The van der Waals surface area contributed by atoms with Crippen LogP contribution in [0.15, 0.2) is 46.9 Å². The fourth-order valence-corrected chi connectivity index (χ4v) is 3.61. The Labute approximate surface area is 177 Å². The lowest BCUT2D eigenvalue weighted by atomic mass is 9.92. The molecule has 156 valence electrons. The highest BCUT2D eigenvalue weighted by Gasteiger charge is 2.49. The van der Waals surface area contributed by atoms with Gasteiger partial charge in [-0.05, 0) is 36.8 Å². The van der Waals surface area contributed by atoms with E-state index in [4.69, 9.17) is 0 Å². The third-order valence-electron chi connectivity index (χ3n) is 4.66. The zero-order valence-electron chi connectivity index (χ0n) is 15.4. The number of nitrogens with one attached hydrogen (secondary N) is 2. The molecule has 11 heteroatoms. The van der Waals surface area contributed by atoms with Gasteiger partial charge < -0.3 is 20.1 Å². The van der Waals surface area contributed by atoms with E-state index in [1.165, 1.54) is 12.1 Å². The molecule has 2 N–H and O–H groups in total. The molecule has 2 heterocycles. The number of hydrogen-bond donors (Lipinski definition) is 2. The van der Waals surface area contributed by atoms with E-state index >= 15 is 0 Å². The van der Waals surface area contributed by atoms with E-state index in [-0.39, 0.29) is 17.2 Å². The van der Waals surface area contributed by atoms with Crippen LogP contribution in [0.2, 0.25) is 0 Å². The van der Waals surface area contributed by atoms with E-state index < -0.39 is 36.2 Å². The highest BCUT2D eigenvalue weighted by molar-refractivity contribution is 9.10. The fraction of sp³-hybridized carbons (Fsp3) is 0.211. The van der Waals surface area contributed by atoms with Crippen LogP contribution in [0, 0.1) is 0 Å². The van der Waals surface area contributed by atoms with E-state index in [9.17, 15) is 23.2 Å². The molecule has 4 amide bonds. The van der Waals surface area contributed by atoms with E-state index in [1.54, 1.807) is 31.2 Å². The first-order valence-electron chi connectivity index (χ1n) is 8.67. The average Bonchev–Trinajstić information content (AvgIpc) is 3.08. The molecule has 0 aromatic heterocycles. The highest BCUT2D eigenvalue weighted by Crippen LogP contribution is 2.42. The molecule has 2 aliphatic heterocycles. The third kappa shape index (κ3) is 3.56. The van der Waals surface area contributed by atoms with Crippen molar-refractivity contribution >= 4 is 39.5 Å². The predicted octanol–water partition coefficient (Wildman–Crippen LogP) is 3.18. The number of halogens is 3. The first kappa shape index (κ1) is 20.1. The number of fused-ring (bicyclic) bond motifs is 1. The van der Waals surface area contributed by atoms with Gasteiger partial charge in [-0.3, -0.25) is 14.5 Å². The molecule has 8 nitrogen and oxygen atoms in total. The minimum atomic E-state index is -3.78. The van der Waals surface area contributed by atoms with Gasteiger partial charge >= 0.3 is 12.3 Å². The zero-order valence-corrected chi connectivity index (χ0v) is 17.0. The van der Waals surface area contributed by atoms with Crippen molar-refractivity contribution in [2.45, 2.75) is 18.8 Å². The Bertz CT molecular complexity index is 1080. The van der Waals surface area contributed by atoms with E-state index in [2.05, 4.69) is 36.0 Å². The van der Waals surface area contributed by atoms with Crippen molar-refractivity contribution < 1.29 is 32.6 Å². The molecule has 2 aromatic carbocycles. The number of rotatable bonds is 4. The molecule has 1 fully saturated rings. The number of carbonyl (C=O) groups is 3. The molecule has 30 heavy (non-hydrogen) atoms. The van der Waals surface area contributed by atoms with Crippen molar-refractivity contribution in [3.63, 3.8) is 0 Å². The lowest BCUT2D eigenvalue weighted by Gasteiger charge is -2.22. The van der Waals surface area contributed by atoms with Crippen LogP contribution in [0.1, 0.15) is 12.5 Å². The quantitative estimate of drug-likeness (QED) is 0.653. The standard InChI is InChI=1S/C19H14BrF2N3O5/c1-18(10-3-2-4-11(20)7-10)16(27)25(17(28)24-18)9-15(26)23-12-5-6-13-14(8-12)30-19(21,22)29-13/h2-8H,9H2,1H3,(H,23,26)(H,24,28)/t18-/m1/s1. The summed E-state index contributed by atoms with van der Waals surface area (Å²) in [6.07, 6.45) is -3.78. The Balaban J connectivity index is 1.46. The van der Waals surface area contributed by atoms with Gasteiger partial charge in [0.05, 0.1) is 0 Å². The number of alkyl halides is 2. The average molecular weight is 482 g/mol. The number of carbonyl (C=O) groups excluding carboxylic acids is 3. The number of ether oxygens (including phenoxy) is 2. The van der Waals surface area contributed by atoms with Gasteiger partial charge in [0.1, 0.15) is 12.1 Å². The summed E-state index contributed by atoms with van der Waals surface area (Å²) in [6, 6.07) is 9.87. The summed E-state index contributed by atoms with van der Waals surface area (Å²) in [7, 11) is 0. The minimum absolute atomic E-state index is 0.141. The summed E-state index contributed by atoms with van der Waals surface area (Å²) in [5.74, 6) is -1.69. The van der Waals surface area contributed by atoms with Gasteiger partial charge in [-0.1, -0.05) is 28.1 Å². The van der Waals surface area contributed by atoms with Crippen molar-refractivity contribution in [1.82, 2.24) is 10.2 Å². The number of anilines is 1. The van der Waals surface area contributed by atoms with Gasteiger partial charge in [0.25, 0.3) is 5.91 Å². The lowest BCUT2D eigenvalue weighted by molar-refractivity contribution is -0.286. The van der Waals surface area contributed by atoms with Crippen molar-refractivity contribution in [2.75, 3.05) is 11.9 Å². The monoisotopic (exact) mass is 481 g/mol. The first-order valence-corrected chi connectivity index (χ1v) is 9.47. The second kappa shape index (κ2) is 6.94. The molecular formula is C19H14BrF2N3O5. The maximum atomic E-state index is 13.1. The maximum absolute atomic E-state index is 13.1. The van der Waals surface area contributed by atoms with E-state index in [0.29, 0.717) is 5.56 Å². The molecule has 0 radical (unpaired) electrons. The molecule has 1 saturated heterocycles. The summed E-state index contributed by atoms with van der Waals surface area (Å²) in [5, 5.41) is 5.05. The second-order valence-corrected chi connectivity index (χ2v) is 7.75. The normalized spacial score (nSPS) is 21.5. The Morgan fingerprint density at radius 3 is 2.63 bits per heavy atom. The molecular weight excluding hydrogens is 468 g/mol. The Morgan fingerprint density at radius 1 is 1.17 bits per heavy atom. The first-order chi connectivity index (χ1) is 14.1. The number of benzene rings is 2. The van der Waals surface area contributed by atoms with Crippen LogP contribution >= 0.6 is 15.9 Å². The molecule has 0 unspecified atom stereocenters. The van der Waals surface area contributed by atoms with Crippen molar-refractivity contribution in [2.24, 2.45) is 0 Å². The predicted molar refractivity (Wildman–Crippen MR) is 103 cm³/mol. The van der Waals surface area contributed by atoms with Crippen molar-refractivity contribution in [3.05, 3.63) is 52.5 Å². The second-order valence-electron chi connectivity index (χ2n) is 6.83. The molecule has 0 saturated carbocycles. The maximum Gasteiger partial charge on any atom is 0.586 e. The Hall–Kier alpha value is -3.21. The Kier molecular flexibility index (Phi) is 4.64. The summed E-state index contributed by atoms with van der Waals surface area (Å²) in [5.41, 5.74) is -0.637. The van der Waals surface area contributed by atoms with E-state index in [0.717, 1.165) is 15.4 Å². The van der Waals surface area contributed by atoms with Crippen LogP contribution < -0.4 is 20.1 Å². The van der Waals surface area contributed by atoms with Gasteiger partial charge in [0, 0.05) is 16.2 Å². The lowest BCUT2D eigenvalue weighted by Crippen LogP contribution is -2.42. The smallest absolute Gasteiger partial charge is 0.395 e. The number of nitrogens with zero attached hydrogens (tertiary/aromatic N) is 1. The summed E-state index contributed by atoms with van der Waals surface area (Å²) in [6.45, 7) is 0.990. The number of hydrogen-bond acceptors (Lipinski definition) is 5. The third-order valence-corrected chi connectivity index (χ3v) is 5.16. The van der Waals surface area contributed by atoms with Gasteiger partial charge in [0.15, 0.2) is 11.5 Å². The summed E-state index contributed by atoms with van der Waals surface area (Å²) >= 11 is 3.32. The molecule has 0 spiro atoms. The van der Waals surface area contributed by atoms with Crippen LogP contribution in [0.4, 0.5) is 19.3 Å². The van der Waals surface area contributed by atoms with Gasteiger partial charge in [-0.25, -0.2) is 4.79 Å². The van der Waals surface area contributed by atoms with Crippen LogP contribution in [0.3, 0.4) is 0 Å². The largest absolute Gasteiger partial charge is 0.586 e. The molecule has 2 aromatic rings. The number of imide groups is 1. The molecule has 0 aliphatic carbocycles. The van der Waals surface area contributed by atoms with Crippen LogP contribution in [-0.4, -0.2) is 35.6 Å². The zero-order chi connectivity index (χ0) is 21.7. The van der Waals surface area contributed by atoms with Gasteiger partial charge in [-0.15, -0.1) is 8.78 Å². The molecule has 0 bridgehead atoms. The molecule has 1 atom stereocenters. The van der Waals surface area contributed by atoms with Crippen LogP contribution in [0.5, 0.6) is 11.5 Å². The van der Waals surface area contributed by atoms with Crippen molar-refractivity contribution in [1.29, 1.82) is 0 Å². The Morgan fingerprint density at radius 2 is 1.90 bits per heavy atom. The number of amides is 4.